The third kappa shape index (κ3) is 7.72. The van der Waals surface area contributed by atoms with Crippen molar-refractivity contribution >= 4 is 47.8 Å². The predicted molar refractivity (Wildman–Crippen MR) is 183 cm³/mol. The average molecular weight is 784 g/mol. The van der Waals surface area contributed by atoms with E-state index in [0.29, 0.717) is 27.6 Å². The van der Waals surface area contributed by atoms with Gasteiger partial charge in [0.15, 0.2) is 5.96 Å². The Morgan fingerprint density at radius 3 is 2.43 bits per heavy atom. The van der Waals surface area contributed by atoms with Crippen LogP contribution in [-0.2, 0) is 15.1 Å². The molecule has 3 aliphatic rings. The van der Waals surface area contributed by atoms with Gasteiger partial charge in [0.25, 0.3) is 5.91 Å². The number of anilines is 1. The number of aliphatic imine (C=N–C) groups is 1. The van der Waals surface area contributed by atoms with Gasteiger partial charge in [-0.25, -0.2) is 14.5 Å². The number of rotatable bonds is 10. The lowest BCUT2D eigenvalue weighted by Crippen LogP contribution is -2.47. The average Bonchev–Trinajstić information content (AvgIpc) is 3.60. The molecule has 3 aromatic rings. The van der Waals surface area contributed by atoms with Crippen LogP contribution < -0.4 is 15.6 Å². The lowest BCUT2D eigenvalue weighted by molar-refractivity contribution is -0.149. The van der Waals surface area contributed by atoms with Crippen LogP contribution in [0.1, 0.15) is 57.3 Å². The second-order valence-corrected chi connectivity index (χ2v) is 14.6. The Morgan fingerprint density at radius 1 is 1.13 bits per heavy atom. The first-order valence-electron chi connectivity index (χ1n) is 16.4. The predicted octanol–water partition coefficient (Wildman–Crippen LogP) is 7.44. The van der Waals surface area contributed by atoms with E-state index in [-0.39, 0.29) is 34.1 Å². The van der Waals surface area contributed by atoms with Crippen LogP contribution in [-0.4, -0.2) is 70.1 Å². The first-order valence-corrected chi connectivity index (χ1v) is 16.8. The van der Waals surface area contributed by atoms with Crippen molar-refractivity contribution in [3.05, 3.63) is 71.0 Å². The van der Waals surface area contributed by atoms with Gasteiger partial charge < -0.3 is 15.4 Å². The molecule has 0 radical (unpaired) electrons. The van der Waals surface area contributed by atoms with E-state index in [1.165, 1.54) is 18.3 Å². The van der Waals surface area contributed by atoms with E-state index in [9.17, 15) is 40.3 Å². The van der Waals surface area contributed by atoms with E-state index in [1.807, 2.05) is 20.8 Å². The topological polar surface area (TPSA) is 140 Å². The molecule has 1 saturated carbocycles. The highest BCUT2D eigenvalue weighted by molar-refractivity contribution is 6.33. The van der Waals surface area contributed by atoms with Gasteiger partial charge in [0.1, 0.15) is 18.5 Å². The molecular formula is C34H33ClF7N9O3. The molecule has 6 rings (SSSR count). The molecular weight excluding hydrogens is 751 g/mol. The SMILES string of the molecule is CC(C)(C)C[C@]1(c2ccc(-c3cnn(C(F)F)c3)cc2)NC(=N)N([C@H](COC(=O)N[C@@H]2C[C@H]2C(F)(F)F)c2ccc(Cl)c(N3N=CN=CC3(F)F)c2)C1=O. The molecule has 1 aliphatic carbocycles. The number of hydrogen-bond acceptors (Lipinski definition) is 8. The van der Waals surface area contributed by atoms with Crippen LogP contribution in [0.3, 0.4) is 0 Å². The number of carbonyl (C=O) groups is 2. The molecule has 1 saturated heterocycles. The summed E-state index contributed by atoms with van der Waals surface area (Å²) >= 11 is 6.33. The number of halogens is 8. The second-order valence-electron chi connectivity index (χ2n) is 14.2. The lowest BCUT2D eigenvalue weighted by Gasteiger charge is -2.35. The Bertz CT molecular complexity index is 2000. The van der Waals surface area contributed by atoms with Crippen LogP contribution in [0.2, 0.25) is 5.02 Å². The summed E-state index contributed by atoms with van der Waals surface area (Å²) in [6.45, 7) is 1.98. The van der Waals surface area contributed by atoms with Gasteiger partial charge in [0.05, 0.1) is 35.1 Å². The van der Waals surface area contributed by atoms with Crippen LogP contribution in [0.15, 0.2) is 65.0 Å². The number of carbonyl (C=O) groups excluding carboxylic acids is 2. The molecule has 1 aromatic heterocycles. The zero-order valence-corrected chi connectivity index (χ0v) is 29.5. The monoisotopic (exact) mass is 783 g/mol. The molecule has 54 heavy (non-hydrogen) atoms. The Morgan fingerprint density at radius 2 is 1.83 bits per heavy atom. The van der Waals surface area contributed by atoms with E-state index in [4.69, 9.17) is 21.7 Å². The maximum absolute atomic E-state index is 14.9. The maximum atomic E-state index is 14.9. The summed E-state index contributed by atoms with van der Waals surface area (Å²) in [7, 11) is 0. The minimum atomic E-state index is -4.53. The number of benzene rings is 2. The Labute approximate surface area is 308 Å². The fourth-order valence-electron chi connectivity index (χ4n) is 6.52. The molecule has 0 spiro atoms. The molecule has 0 unspecified atom stereocenters. The van der Waals surface area contributed by atoms with Crippen LogP contribution in [0.25, 0.3) is 11.1 Å². The number of nitrogens with zero attached hydrogens (tertiary/aromatic N) is 6. The number of nitrogens with one attached hydrogen (secondary N) is 3. The number of guanidine groups is 1. The minimum Gasteiger partial charge on any atom is -0.447 e. The number of aromatic nitrogens is 2. The molecule has 3 heterocycles. The highest BCUT2D eigenvalue weighted by atomic mass is 35.5. The summed E-state index contributed by atoms with van der Waals surface area (Å²) in [4.78, 5) is 32.0. The minimum absolute atomic E-state index is 0.0492. The Hall–Kier alpha value is -5.20. The van der Waals surface area contributed by atoms with Crippen LogP contribution >= 0.6 is 11.6 Å². The van der Waals surface area contributed by atoms with E-state index < -0.39 is 72.3 Å². The fourth-order valence-corrected chi connectivity index (χ4v) is 6.71. The van der Waals surface area contributed by atoms with Gasteiger partial charge in [-0.1, -0.05) is 62.7 Å². The van der Waals surface area contributed by atoms with Gasteiger partial charge in [0.2, 0.25) is 0 Å². The molecule has 2 aromatic carbocycles. The highest BCUT2D eigenvalue weighted by Gasteiger charge is 2.57. The van der Waals surface area contributed by atoms with Gasteiger partial charge in [-0.3, -0.25) is 15.1 Å². The highest BCUT2D eigenvalue weighted by Crippen LogP contribution is 2.46. The van der Waals surface area contributed by atoms with Gasteiger partial charge in [-0.05, 0) is 47.1 Å². The smallest absolute Gasteiger partial charge is 0.407 e. The van der Waals surface area contributed by atoms with Crippen molar-refractivity contribution in [3.8, 4) is 11.1 Å². The molecule has 2 aliphatic heterocycles. The molecule has 288 valence electrons. The van der Waals surface area contributed by atoms with Gasteiger partial charge in [-0.2, -0.15) is 45.9 Å². The van der Waals surface area contributed by atoms with Crippen molar-refractivity contribution < 1.29 is 45.1 Å². The largest absolute Gasteiger partial charge is 0.447 e. The van der Waals surface area contributed by atoms with E-state index in [0.717, 1.165) is 23.5 Å². The van der Waals surface area contributed by atoms with E-state index in [2.05, 4.69) is 25.8 Å². The number of alkyl carbamates (subject to hydrolysis) is 1. The van der Waals surface area contributed by atoms with Gasteiger partial charge in [0, 0.05) is 17.8 Å². The fraction of sp³-hybridized carbons (Fsp3) is 0.412. The molecule has 2 amide bonds. The number of hydrazone groups is 1. The Balaban J connectivity index is 1.37. The standard InChI is InChI=1S/C34H33ClF7N9O3/c1-31(2,3)15-32(21-7-4-18(5-8-21)20-12-45-49(13-20)28(36)37)27(52)50(29(43)48-32)26(14-54-30(53)47-24-11-22(24)34(40,41)42)19-6-9-23(35)25(10-19)51-33(38,39)16-44-17-46-51/h4-10,12-13,16-17,22,24,26,28H,11,14-15H2,1-3H3,(H2,43,48)(H,47,53)/t22-,24-,26-,32-/m1/s1. The molecule has 12 nitrogen and oxygen atoms in total. The van der Waals surface area contributed by atoms with Crippen LogP contribution in [0, 0.1) is 16.7 Å². The van der Waals surface area contributed by atoms with Gasteiger partial charge >= 0.3 is 24.9 Å². The van der Waals surface area contributed by atoms with Crippen LogP contribution in [0.4, 0.5) is 41.2 Å². The quantitative estimate of drug-likeness (QED) is 0.144. The summed E-state index contributed by atoms with van der Waals surface area (Å²) in [6, 6.07) is 3.77. The molecule has 2 fully saturated rings. The summed E-state index contributed by atoms with van der Waals surface area (Å²) < 4.78 is 101. The number of alkyl halides is 7. The summed E-state index contributed by atoms with van der Waals surface area (Å²) in [6.07, 6.45) is -2.41. The third-order valence-corrected chi connectivity index (χ3v) is 9.31. The van der Waals surface area contributed by atoms with Crippen molar-refractivity contribution in [2.24, 2.45) is 21.4 Å². The number of hydrogen-bond donors (Lipinski definition) is 3. The first kappa shape index (κ1) is 38.5. The van der Waals surface area contributed by atoms with Crippen LogP contribution in [0.5, 0.6) is 0 Å². The summed E-state index contributed by atoms with van der Waals surface area (Å²) in [5.41, 5.74) is -1.23. The van der Waals surface area contributed by atoms with E-state index >= 15 is 0 Å². The molecule has 0 bridgehead atoms. The van der Waals surface area contributed by atoms with Crippen molar-refractivity contribution in [2.45, 2.75) is 70.0 Å². The van der Waals surface area contributed by atoms with Crippen molar-refractivity contribution in [1.82, 2.24) is 25.3 Å². The lowest BCUT2D eigenvalue weighted by atomic mass is 9.75. The van der Waals surface area contributed by atoms with Gasteiger partial charge in [-0.15, -0.1) is 0 Å². The summed E-state index contributed by atoms with van der Waals surface area (Å²) in [5.74, 6) is -2.93. The zero-order valence-electron chi connectivity index (χ0n) is 28.7. The maximum Gasteiger partial charge on any atom is 0.407 e. The van der Waals surface area contributed by atoms with Crippen molar-refractivity contribution in [2.75, 3.05) is 11.6 Å². The van der Waals surface area contributed by atoms with Crippen molar-refractivity contribution in [3.63, 3.8) is 0 Å². The third-order valence-electron chi connectivity index (χ3n) is 8.99. The summed E-state index contributed by atoms with van der Waals surface area (Å²) in [5, 5.41) is 21.6. The number of ether oxygens (including phenoxy) is 1. The van der Waals surface area contributed by atoms with E-state index in [1.54, 1.807) is 24.3 Å². The molecule has 4 atom stereocenters. The molecule has 20 heteroatoms. The normalized spacial score (nSPS) is 22.8. The molecule has 3 N–H and O–H groups in total. The van der Waals surface area contributed by atoms with Crippen molar-refractivity contribution in [1.29, 1.82) is 5.41 Å². The first-order chi connectivity index (χ1) is 25.2. The zero-order chi connectivity index (χ0) is 39.4. The number of amides is 2. The Kier molecular flexibility index (Phi) is 9.91. The second kappa shape index (κ2) is 13.9.